The van der Waals surface area contributed by atoms with Crippen molar-refractivity contribution in [2.24, 2.45) is 0 Å². The predicted molar refractivity (Wildman–Crippen MR) is 116 cm³/mol. The van der Waals surface area contributed by atoms with Crippen LogP contribution in [0.5, 0.6) is 0 Å². The summed E-state index contributed by atoms with van der Waals surface area (Å²) in [7, 11) is -3.78. The van der Waals surface area contributed by atoms with Gasteiger partial charge in [0.05, 0.1) is 16.2 Å². The minimum absolute atomic E-state index is 0.00114. The topological polar surface area (TPSA) is 89.8 Å². The van der Waals surface area contributed by atoms with Gasteiger partial charge in [-0.2, -0.15) is 0 Å². The van der Waals surface area contributed by atoms with E-state index in [1.165, 1.54) is 24.3 Å². The number of nitrogens with one attached hydrogen (secondary N) is 1. The Morgan fingerprint density at radius 2 is 1.87 bits per heavy atom. The molecule has 0 saturated heterocycles. The fraction of sp³-hybridized carbons (Fsp3) is 0.130. The summed E-state index contributed by atoms with van der Waals surface area (Å²) in [4.78, 5) is 17.0. The zero-order valence-corrected chi connectivity index (χ0v) is 17.7. The number of esters is 1. The van der Waals surface area contributed by atoms with Crippen LogP contribution < -0.4 is 4.72 Å². The largest absolute Gasteiger partial charge is 0.456 e. The van der Waals surface area contributed by atoms with Crippen molar-refractivity contribution in [1.29, 1.82) is 0 Å². The van der Waals surface area contributed by atoms with Gasteiger partial charge in [-0.05, 0) is 42.3 Å². The van der Waals surface area contributed by atoms with Gasteiger partial charge in [-0.25, -0.2) is 22.9 Å². The molecule has 31 heavy (non-hydrogen) atoms. The fourth-order valence-electron chi connectivity index (χ4n) is 3.14. The standard InChI is InChI=1S/C23H21N3O4S/c1-17-7-6-12-26-15-20(25-22(17)26)16-30-23(27)19-10-5-11-21(13-19)31(28,29)24-14-18-8-3-2-4-9-18/h2-13,15,24H,14,16H2,1H3. The van der Waals surface area contributed by atoms with Gasteiger partial charge in [0.25, 0.3) is 0 Å². The number of ether oxygens (including phenoxy) is 1. The van der Waals surface area contributed by atoms with Crippen LogP contribution in [0.2, 0.25) is 0 Å². The van der Waals surface area contributed by atoms with Crippen LogP contribution in [-0.2, 0) is 27.9 Å². The Balaban J connectivity index is 1.44. The maximum atomic E-state index is 12.6. The van der Waals surface area contributed by atoms with Crippen LogP contribution in [0.3, 0.4) is 0 Å². The second kappa shape index (κ2) is 8.71. The molecular formula is C23H21N3O4S. The molecule has 0 aliphatic carbocycles. The Labute approximate surface area is 180 Å². The molecule has 0 atom stereocenters. The molecule has 0 bridgehead atoms. The highest BCUT2D eigenvalue weighted by molar-refractivity contribution is 7.89. The van der Waals surface area contributed by atoms with Gasteiger partial charge in [0.1, 0.15) is 12.3 Å². The van der Waals surface area contributed by atoms with E-state index in [4.69, 9.17) is 4.74 Å². The summed E-state index contributed by atoms with van der Waals surface area (Å²) in [6.45, 7) is 2.10. The van der Waals surface area contributed by atoms with Crippen LogP contribution in [0.4, 0.5) is 0 Å². The molecule has 2 aromatic carbocycles. The molecule has 0 spiro atoms. The van der Waals surface area contributed by atoms with E-state index in [9.17, 15) is 13.2 Å². The third kappa shape index (κ3) is 4.82. The average molecular weight is 436 g/mol. The van der Waals surface area contributed by atoms with Gasteiger partial charge in [-0.1, -0.05) is 42.5 Å². The molecule has 4 rings (SSSR count). The van der Waals surface area contributed by atoms with Gasteiger partial charge in [-0.15, -0.1) is 0 Å². The summed E-state index contributed by atoms with van der Waals surface area (Å²) in [5.74, 6) is -0.617. The van der Waals surface area contributed by atoms with Gasteiger partial charge in [-0.3, -0.25) is 0 Å². The van der Waals surface area contributed by atoms with E-state index in [-0.39, 0.29) is 23.6 Å². The molecule has 158 valence electrons. The number of carbonyl (C=O) groups is 1. The number of imidazole rings is 1. The zero-order valence-electron chi connectivity index (χ0n) is 16.9. The predicted octanol–water partition coefficient (Wildman–Crippen LogP) is 3.48. The van der Waals surface area contributed by atoms with Crippen LogP contribution in [-0.4, -0.2) is 23.8 Å². The summed E-state index contributed by atoms with van der Waals surface area (Å²) >= 11 is 0. The highest BCUT2D eigenvalue weighted by atomic mass is 32.2. The maximum Gasteiger partial charge on any atom is 0.338 e. The normalized spacial score (nSPS) is 11.5. The summed E-state index contributed by atoms with van der Waals surface area (Å²) in [6.07, 6.45) is 3.67. The third-order valence-electron chi connectivity index (χ3n) is 4.77. The van der Waals surface area contributed by atoms with Crippen LogP contribution >= 0.6 is 0 Å². The Bertz CT molecular complexity index is 1330. The number of aryl methyl sites for hydroxylation is 1. The Hall–Kier alpha value is -3.49. The highest BCUT2D eigenvalue weighted by Crippen LogP contribution is 2.15. The van der Waals surface area contributed by atoms with E-state index in [1.54, 1.807) is 6.20 Å². The van der Waals surface area contributed by atoms with Gasteiger partial charge >= 0.3 is 5.97 Å². The van der Waals surface area contributed by atoms with E-state index in [2.05, 4.69) is 9.71 Å². The summed E-state index contributed by atoms with van der Waals surface area (Å²) in [5.41, 5.74) is 3.41. The first-order valence-electron chi connectivity index (χ1n) is 9.66. The highest BCUT2D eigenvalue weighted by Gasteiger charge is 2.17. The number of sulfonamides is 1. The minimum Gasteiger partial charge on any atom is -0.456 e. The number of pyridine rings is 1. The van der Waals surface area contributed by atoms with Gasteiger partial charge < -0.3 is 9.14 Å². The van der Waals surface area contributed by atoms with Crippen molar-refractivity contribution < 1.29 is 17.9 Å². The monoisotopic (exact) mass is 435 g/mol. The van der Waals surface area contributed by atoms with Crippen molar-refractivity contribution in [1.82, 2.24) is 14.1 Å². The van der Waals surface area contributed by atoms with Gasteiger partial charge in [0.2, 0.25) is 10.0 Å². The lowest BCUT2D eigenvalue weighted by molar-refractivity contribution is 0.0468. The smallest absolute Gasteiger partial charge is 0.338 e. The number of hydrogen-bond donors (Lipinski definition) is 1. The Morgan fingerprint density at radius 3 is 2.65 bits per heavy atom. The second-order valence-electron chi connectivity index (χ2n) is 7.07. The van der Waals surface area contributed by atoms with Crippen LogP contribution in [0.25, 0.3) is 5.65 Å². The number of fused-ring (bicyclic) bond motifs is 1. The zero-order chi connectivity index (χ0) is 21.8. The molecule has 7 nitrogen and oxygen atoms in total. The van der Waals surface area contributed by atoms with E-state index in [0.29, 0.717) is 5.69 Å². The SMILES string of the molecule is Cc1cccn2cc(COC(=O)c3cccc(S(=O)(=O)NCc4ccccc4)c3)nc12. The molecule has 0 fully saturated rings. The maximum absolute atomic E-state index is 12.6. The molecule has 0 radical (unpaired) electrons. The molecule has 0 unspecified atom stereocenters. The number of benzene rings is 2. The van der Waals surface area contributed by atoms with E-state index in [0.717, 1.165) is 16.8 Å². The van der Waals surface area contributed by atoms with Crippen LogP contribution in [0, 0.1) is 6.92 Å². The molecule has 2 aromatic heterocycles. The van der Waals surface area contributed by atoms with Gasteiger partial charge in [0.15, 0.2) is 0 Å². The molecule has 0 aliphatic rings. The Kier molecular flexibility index (Phi) is 5.83. The van der Waals surface area contributed by atoms with Crippen molar-refractivity contribution in [2.75, 3.05) is 0 Å². The van der Waals surface area contributed by atoms with Crippen molar-refractivity contribution >= 4 is 21.6 Å². The number of aromatic nitrogens is 2. The number of hydrogen-bond acceptors (Lipinski definition) is 5. The lowest BCUT2D eigenvalue weighted by atomic mass is 10.2. The number of carbonyl (C=O) groups excluding carboxylic acids is 1. The first-order valence-corrected chi connectivity index (χ1v) is 11.1. The van der Waals surface area contributed by atoms with Crippen LogP contribution in [0.15, 0.2) is 84.0 Å². The summed E-state index contributed by atoms with van der Waals surface area (Å²) < 4.78 is 35.0. The first kappa shape index (κ1) is 20.8. The molecule has 1 N–H and O–H groups in total. The molecule has 0 saturated carbocycles. The van der Waals surface area contributed by atoms with Crippen molar-refractivity contribution in [3.8, 4) is 0 Å². The molecule has 0 amide bonds. The van der Waals surface area contributed by atoms with Crippen molar-refractivity contribution in [3.05, 3.63) is 102 Å². The molecule has 4 aromatic rings. The van der Waals surface area contributed by atoms with E-state index in [1.807, 2.05) is 60.0 Å². The van der Waals surface area contributed by atoms with Crippen LogP contribution in [0.1, 0.15) is 27.2 Å². The van der Waals surface area contributed by atoms with Crippen molar-refractivity contribution in [3.63, 3.8) is 0 Å². The number of rotatable bonds is 7. The second-order valence-corrected chi connectivity index (χ2v) is 8.84. The van der Waals surface area contributed by atoms with E-state index < -0.39 is 16.0 Å². The molecule has 2 heterocycles. The lowest BCUT2D eigenvalue weighted by Gasteiger charge is -2.08. The third-order valence-corrected chi connectivity index (χ3v) is 6.17. The summed E-state index contributed by atoms with van der Waals surface area (Å²) in [5, 5.41) is 0. The minimum atomic E-state index is -3.78. The van der Waals surface area contributed by atoms with Crippen molar-refractivity contribution in [2.45, 2.75) is 25.0 Å². The summed E-state index contributed by atoms with van der Waals surface area (Å²) in [6, 6.07) is 18.9. The molecule has 0 aliphatic heterocycles. The average Bonchev–Trinajstić information content (AvgIpc) is 3.21. The van der Waals surface area contributed by atoms with Gasteiger partial charge in [0, 0.05) is 18.9 Å². The fourth-order valence-corrected chi connectivity index (χ4v) is 4.21. The Morgan fingerprint density at radius 1 is 1.06 bits per heavy atom. The van der Waals surface area contributed by atoms with E-state index >= 15 is 0 Å². The quantitative estimate of drug-likeness (QED) is 0.449. The molecule has 8 heteroatoms. The lowest BCUT2D eigenvalue weighted by Crippen LogP contribution is -2.23. The molecular weight excluding hydrogens is 414 g/mol. The first-order chi connectivity index (χ1) is 14.9. The number of nitrogens with zero attached hydrogens (tertiary/aromatic N) is 2.